The van der Waals surface area contributed by atoms with Crippen LogP contribution >= 0.6 is 0 Å². The van der Waals surface area contributed by atoms with Gasteiger partial charge in [0.1, 0.15) is 5.75 Å². The van der Waals surface area contributed by atoms with E-state index in [2.05, 4.69) is 18.3 Å². The van der Waals surface area contributed by atoms with E-state index in [-0.39, 0.29) is 18.0 Å². The van der Waals surface area contributed by atoms with Crippen molar-refractivity contribution in [2.45, 2.75) is 37.5 Å². The van der Waals surface area contributed by atoms with Crippen LogP contribution in [0.2, 0.25) is 0 Å². The Bertz CT molecular complexity index is 520. The van der Waals surface area contributed by atoms with Crippen molar-refractivity contribution in [3.8, 4) is 5.75 Å². The lowest BCUT2D eigenvalue weighted by Gasteiger charge is -2.24. The number of para-hydroxylation sites is 1. The molecule has 22 heavy (non-hydrogen) atoms. The number of alkyl halides is 3. The van der Waals surface area contributed by atoms with Crippen LogP contribution in [-0.4, -0.2) is 49.4 Å². The Morgan fingerprint density at radius 1 is 1.36 bits per heavy atom. The molecular formula is C16H21F3N2O. The van der Waals surface area contributed by atoms with Gasteiger partial charge in [-0.1, -0.05) is 18.2 Å². The van der Waals surface area contributed by atoms with Gasteiger partial charge in [-0.15, -0.1) is 0 Å². The van der Waals surface area contributed by atoms with Gasteiger partial charge in [-0.05, 0) is 19.4 Å². The molecule has 3 rings (SSSR count). The highest BCUT2D eigenvalue weighted by Crippen LogP contribution is 2.35. The first-order valence-electron chi connectivity index (χ1n) is 7.69. The number of halogens is 3. The van der Waals surface area contributed by atoms with Crippen LogP contribution in [0.4, 0.5) is 13.2 Å². The largest absolute Gasteiger partial charge is 0.493 e. The fourth-order valence-electron chi connectivity index (χ4n) is 3.46. The monoisotopic (exact) mass is 314 g/mol. The second-order valence-electron chi connectivity index (χ2n) is 6.25. The molecule has 2 heterocycles. The van der Waals surface area contributed by atoms with Gasteiger partial charge in [0.05, 0.1) is 13.2 Å². The molecule has 122 valence electrons. The lowest BCUT2D eigenvalue weighted by Crippen LogP contribution is -2.43. The molecule has 0 unspecified atom stereocenters. The number of nitrogens with zero attached hydrogens (tertiary/aromatic N) is 1. The van der Waals surface area contributed by atoms with E-state index in [0.717, 1.165) is 12.2 Å². The predicted molar refractivity (Wildman–Crippen MR) is 78.2 cm³/mol. The van der Waals surface area contributed by atoms with Crippen LogP contribution in [-0.2, 0) is 0 Å². The van der Waals surface area contributed by atoms with Crippen LogP contribution in [0.1, 0.15) is 24.8 Å². The molecule has 0 saturated carbocycles. The standard InChI is InChI=1S/C16H21F3N2O/c1-11(14-9-22-15-5-3-2-4-13(14)15)20-12-6-7-21(8-12)10-16(17,18)19/h2-5,11-12,14,20H,6-10H2,1H3/t11-,12+,14-/m0/s1. The van der Waals surface area contributed by atoms with E-state index in [1.807, 2.05) is 18.2 Å². The highest BCUT2D eigenvalue weighted by molar-refractivity contribution is 5.40. The third kappa shape index (κ3) is 3.55. The minimum absolute atomic E-state index is 0.116. The van der Waals surface area contributed by atoms with Crippen LogP contribution in [0.3, 0.4) is 0 Å². The first kappa shape index (κ1) is 15.6. The highest BCUT2D eigenvalue weighted by atomic mass is 19.4. The Balaban J connectivity index is 1.54. The topological polar surface area (TPSA) is 24.5 Å². The van der Waals surface area contributed by atoms with Gasteiger partial charge in [-0.2, -0.15) is 13.2 Å². The smallest absolute Gasteiger partial charge is 0.401 e. The lowest BCUT2D eigenvalue weighted by atomic mass is 9.94. The van der Waals surface area contributed by atoms with Gasteiger partial charge in [0.25, 0.3) is 0 Å². The zero-order valence-corrected chi connectivity index (χ0v) is 12.6. The van der Waals surface area contributed by atoms with Crippen molar-refractivity contribution >= 4 is 0 Å². The van der Waals surface area contributed by atoms with E-state index in [0.29, 0.717) is 19.7 Å². The maximum atomic E-state index is 12.4. The molecule has 3 atom stereocenters. The maximum Gasteiger partial charge on any atom is 0.401 e. The van der Waals surface area contributed by atoms with Crippen molar-refractivity contribution in [3.63, 3.8) is 0 Å². The SMILES string of the molecule is C[C@H](N[C@@H]1CCN(CC(F)(F)F)C1)[C@@H]1COc2ccccc21. The van der Waals surface area contributed by atoms with Crippen LogP contribution in [0, 0.1) is 0 Å². The molecule has 0 aromatic heterocycles. The number of nitrogens with one attached hydrogen (secondary N) is 1. The lowest BCUT2D eigenvalue weighted by molar-refractivity contribution is -0.143. The number of hydrogen-bond donors (Lipinski definition) is 1. The summed E-state index contributed by atoms with van der Waals surface area (Å²) in [4.78, 5) is 1.48. The quantitative estimate of drug-likeness (QED) is 0.925. The average Bonchev–Trinajstić information content (AvgIpc) is 3.03. The molecule has 1 aromatic rings. The van der Waals surface area contributed by atoms with Crippen molar-refractivity contribution in [3.05, 3.63) is 29.8 Å². The van der Waals surface area contributed by atoms with Gasteiger partial charge < -0.3 is 10.1 Å². The highest BCUT2D eigenvalue weighted by Gasteiger charge is 2.36. The fraction of sp³-hybridized carbons (Fsp3) is 0.625. The summed E-state index contributed by atoms with van der Waals surface area (Å²) < 4.78 is 43.0. The normalized spacial score (nSPS) is 26.7. The number of rotatable bonds is 4. The second-order valence-corrected chi connectivity index (χ2v) is 6.25. The summed E-state index contributed by atoms with van der Waals surface area (Å²) in [5.41, 5.74) is 1.19. The predicted octanol–water partition coefficient (Wildman–Crippen LogP) is 2.78. The Morgan fingerprint density at radius 3 is 2.91 bits per heavy atom. The summed E-state index contributed by atoms with van der Waals surface area (Å²) in [5, 5.41) is 3.49. The summed E-state index contributed by atoms with van der Waals surface area (Å²) in [5.74, 6) is 1.18. The second kappa shape index (κ2) is 6.08. The van der Waals surface area contributed by atoms with Crippen molar-refractivity contribution < 1.29 is 17.9 Å². The van der Waals surface area contributed by atoms with Gasteiger partial charge >= 0.3 is 6.18 Å². The van der Waals surface area contributed by atoms with E-state index in [1.54, 1.807) is 0 Å². The van der Waals surface area contributed by atoms with Crippen molar-refractivity contribution in [2.24, 2.45) is 0 Å². The summed E-state index contributed by atoms with van der Waals surface area (Å²) in [6, 6.07) is 8.27. The molecular weight excluding hydrogens is 293 g/mol. The van der Waals surface area contributed by atoms with E-state index in [4.69, 9.17) is 4.74 Å². The number of fused-ring (bicyclic) bond motifs is 1. The van der Waals surface area contributed by atoms with E-state index in [1.165, 1.54) is 10.5 Å². The molecule has 1 fully saturated rings. The van der Waals surface area contributed by atoms with E-state index in [9.17, 15) is 13.2 Å². The summed E-state index contributed by atoms with van der Waals surface area (Å²) in [7, 11) is 0. The average molecular weight is 314 g/mol. The third-order valence-corrected chi connectivity index (χ3v) is 4.51. The zero-order valence-electron chi connectivity index (χ0n) is 12.6. The van der Waals surface area contributed by atoms with E-state index < -0.39 is 12.7 Å². The zero-order chi connectivity index (χ0) is 15.7. The molecule has 0 aliphatic carbocycles. The molecule has 0 spiro atoms. The minimum atomic E-state index is -4.11. The van der Waals surface area contributed by atoms with Crippen molar-refractivity contribution in [1.82, 2.24) is 10.2 Å². The van der Waals surface area contributed by atoms with Gasteiger partial charge in [0.15, 0.2) is 0 Å². The molecule has 1 saturated heterocycles. The number of benzene rings is 1. The minimum Gasteiger partial charge on any atom is -0.493 e. The molecule has 1 N–H and O–H groups in total. The third-order valence-electron chi connectivity index (χ3n) is 4.51. The van der Waals surface area contributed by atoms with Gasteiger partial charge in [0, 0.05) is 36.7 Å². The Kier molecular flexibility index (Phi) is 4.32. The molecule has 0 radical (unpaired) electrons. The molecule has 0 amide bonds. The summed E-state index contributed by atoms with van der Waals surface area (Å²) in [6.07, 6.45) is -3.35. The van der Waals surface area contributed by atoms with Gasteiger partial charge in [-0.3, -0.25) is 4.90 Å². The molecule has 3 nitrogen and oxygen atoms in total. The maximum absolute atomic E-state index is 12.4. The van der Waals surface area contributed by atoms with Crippen LogP contribution in [0.25, 0.3) is 0 Å². The van der Waals surface area contributed by atoms with Crippen molar-refractivity contribution in [2.75, 3.05) is 26.2 Å². The molecule has 6 heteroatoms. The van der Waals surface area contributed by atoms with E-state index >= 15 is 0 Å². The number of ether oxygens (including phenoxy) is 1. The summed E-state index contributed by atoms with van der Waals surface area (Å²) >= 11 is 0. The van der Waals surface area contributed by atoms with Crippen LogP contribution in [0.15, 0.2) is 24.3 Å². The first-order chi connectivity index (χ1) is 10.4. The number of hydrogen-bond acceptors (Lipinski definition) is 3. The molecule has 2 aliphatic rings. The Morgan fingerprint density at radius 2 is 2.14 bits per heavy atom. The Hall–Kier alpha value is -1.27. The van der Waals surface area contributed by atoms with Crippen molar-refractivity contribution in [1.29, 1.82) is 0 Å². The molecule has 0 bridgehead atoms. The number of likely N-dealkylation sites (tertiary alicyclic amines) is 1. The van der Waals surface area contributed by atoms with Crippen LogP contribution < -0.4 is 10.1 Å². The van der Waals surface area contributed by atoms with Gasteiger partial charge in [0.2, 0.25) is 0 Å². The summed E-state index contributed by atoms with van der Waals surface area (Å²) in [6.45, 7) is 2.87. The molecule has 1 aromatic carbocycles. The van der Waals surface area contributed by atoms with Gasteiger partial charge in [-0.25, -0.2) is 0 Å². The van der Waals surface area contributed by atoms with Crippen LogP contribution in [0.5, 0.6) is 5.75 Å². The Labute approximate surface area is 128 Å². The molecule has 2 aliphatic heterocycles. The first-order valence-corrected chi connectivity index (χ1v) is 7.69. The fourth-order valence-corrected chi connectivity index (χ4v) is 3.46.